The van der Waals surface area contributed by atoms with Gasteiger partial charge in [-0.25, -0.2) is 4.79 Å². The molecule has 2 aromatic carbocycles. The zero-order chi connectivity index (χ0) is 19.6. The number of carbonyl (C=O) groups excluding carboxylic acids is 1. The molecule has 2 aromatic rings. The largest absolute Gasteiger partial charge is 0.483 e. The smallest absolute Gasteiger partial charge is 0.331 e. The molecule has 0 aliphatic rings. The van der Waals surface area contributed by atoms with Crippen LogP contribution in [0.5, 0.6) is 5.75 Å². The van der Waals surface area contributed by atoms with E-state index in [9.17, 15) is 14.9 Å². The number of benzene rings is 2. The number of nitro groups is 1. The van der Waals surface area contributed by atoms with Crippen LogP contribution in [0.1, 0.15) is 25.0 Å². The Balaban J connectivity index is 2.12. The van der Waals surface area contributed by atoms with Gasteiger partial charge in [0.2, 0.25) is 0 Å². The fourth-order valence-corrected chi connectivity index (χ4v) is 2.36. The van der Waals surface area contributed by atoms with Crippen molar-refractivity contribution in [2.75, 3.05) is 13.2 Å². The van der Waals surface area contributed by atoms with E-state index >= 15 is 0 Å². The van der Waals surface area contributed by atoms with Gasteiger partial charge in [-0.2, -0.15) is 0 Å². The number of carbonyl (C=O) groups is 1. The summed E-state index contributed by atoms with van der Waals surface area (Å²) in [5.74, 6) is -0.311. The molecule has 2 rings (SSSR count). The standard InChI is InChI=1S/C21H21NO5/c1-3-26-21(23)14-16(2)18-11-12-20(19(15-18)22(24)25)27-13-7-10-17-8-5-4-6-9-17/h4-12,14-15H,3,13H2,1-2H3/b10-7+,16-14-. The minimum absolute atomic E-state index is 0.155. The summed E-state index contributed by atoms with van der Waals surface area (Å²) in [5, 5.41) is 11.4. The number of rotatable bonds is 8. The summed E-state index contributed by atoms with van der Waals surface area (Å²) in [6.45, 7) is 3.88. The van der Waals surface area contributed by atoms with Crippen LogP contribution < -0.4 is 4.74 Å². The zero-order valence-corrected chi connectivity index (χ0v) is 15.3. The Hall–Kier alpha value is -3.41. The number of esters is 1. The van der Waals surface area contributed by atoms with Crippen LogP contribution in [0.25, 0.3) is 11.6 Å². The Kier molecular flexibility index (Phi) is 7.31. The predicted octanol–water partition coefficient (Wildman–Crippen LogP) is 4.65. The van der Waals surface area contributed by atoms with Crippen molar-refractivity contribution in [2.24, 2.45) is 0 Å². The highest BCUT2D eigenvalue weighted by Crippen LogP contribution is 2.30. The van der Waals surface area contributed by atoms with E-state index in [1.807, 2.05) is 36.4 Å². The number of nitro benzene ring substituents is 1. The molecule has 0 aliphatic heterocycles. The molecule has 0 amide bonds. The van der Waals surface area contributed by atoms with Crippen LogP contribution in [0, 0.1) is 10.1 Å². The van der Waals surface area contributed by atoms with Crippen LogP contribution in [0.3, 0.4) is 0 Å². The van der Waals surface area contributed by atoms with Crippen molar-refractivity contribution in [2.45, 2.75) is 13.8 Å². The fraction of sp³-hybridized carbons (Fsp3) is 0.190. The molecule has 0 heterocycles. The first-order chi connectivity index (χ1) is 13.0. The van der Waals surface area contributed by atoms with Gasteiger partial charge in [0.05, 0.1) is 11.5 Å². The van der Waals surface area contributed by atoms with E-state index in [4.69, 9.17) is 9.47 Å². The summed E-state index contributed by atoms with van der Waals surface area (Å²) in [7, 11) is 0. The van der Waals surface area contributed by atoms with E-state index in [-0.39, 0.29) is 24.7 Å². The molecule has 6 nitrogen and oxygen atoms in total. The summed E-state index contributed by atoms with van der Waals surface area (Å²) in [4.78, 5) is 22.4. The Morgan fingerprint density at radius 2 is 1.93 bits per heavy atom. The highest BCUT2D eigenvalue weighted by Gasteiger charge is 2.16. The van der Waals surface area contributed by atoms with Gasteiger partial charge >= 0.3 is 11.7 Å². The SMILES string of the molecule is CCOC(=O)/C=C(/C)c1ccc(OC/C=C/c2ccccc2)c([N+](=O)[O-])c1. The minimum atomic E-state index is -0.503. The summed E-state index contributed by atoms with van der Waals surface area (Å²) in [6.07, 6.45) is 4.98. The molecule has 0 saturated carbocycles. The average molecular weight is 367 g/mol. The Morgan fingerprint density at radius 3 is 2.59 bits per heavy atom. The van der Waals surface area contributed by atoms with Crippen LogP contribution in [0.2, 0.25) is 0 Å². The van der Waals surface area contributed by atoms with E-state index in [0.717, 1.165) is 5.56 Å². The van der Waals surface area contributed by atoms with Gasteiger partial charge in [0, 0.05) is 12.1 Å². The molecule has 0 N–H and O–H groups in total. The van der Waals surface area contributed by atoms with Crippen molar-refractivity contribution in [3.05, 3.63) is 81.9 Å². The molecular formula is C21H21NO5. The molecule has 6 heteroatoms. The first-order valence-corrected chi connectivity index (χ1v) is 8.49. The molecule has 0 atom stereocenters. The summed E-state index contributed by atoms with van der Waals surface area (Å²) in [6, 6.07) is 14.3. The summed E-state index contributed by atoms with van der Waals surface area (Å²) in [5.41, 5.74) is 2.00. The number of hydrogen-bond donors (Lipinski definition) is 0. The molecule has 27 heavy (non-hydrogen) atoms. The van der Waals surface area contributed by atoms with Gasteiger partial charge in [-0.1, -0.05) is 42.5 Å². The van der Waals surface area contributed by atoms with Crippen LogP contribution in [-0.2, 0) is 9.53 Å². The first kappa shape index (κ1) is 19.9. The molecule has 0 unspecified atom stereocenters. The molecule has 0 bridgehead atoms. The molecule has 0 saturated heterocycles. The summed E-state index contributed by atoms with van der Waals surface area (Å²) < 4.78 is 10.4. The molecule has 0 radical (unpaired) electrons. The maximum Gasteiger partial charge on any atom is 0.331 e. The van der Waals surface area contributed by atoms with E-state index in [0.29, 0.717) is 11.1 Å². The van der Waals surface area contributed by atoms with E-state index in [2.05, 4.69) is 0 Å². The van der Waals surface area contributed by atoms with Crippen molar-refractivity contribution in [3.63, 3.8) is 0 Å². The van der Waals surface area contributed by atoms with Gasteiger partial charge in [-0.3, -0.25) is 10.1 Å². The predicted molar refractivity (Wildman–Crippen MR) is 104 cm³/mol. The molecule has 0 aromatic heterocycles. The molecule has 140 valence electrons. The topological polar surface area (TPSA) is 78.7 Å². The van der Waals surface area contributed by atoms with E-state index < -0.39 is 10.9 Å². The van der Waals surface area contributed by atoms with Gasteiger partial charge < -0.3 is 9.47 Å². The van der Waals surface area contributed by atoms with Crippen molar-refractivity contribution < 1.29 is 19.2 Å². The Labute approximate surface area is 157 Å². The quantitative estimate of drug-likeness (QED) is 0.294. The van der Waals surface area contributed by atoms with Gasteiger partial charge in [-0.15, -0.1) is 0 Å². The van der Waals surface area contributed by atoms with Crippen molar-refractivity contribution in [3.8, 4) is 5.75 Å². The third kappa shape index (κ3) is 6.11. The maximum atomic E-state index is 11.5. The monoisotopic (exact) mass is 367 g/mol. The van der Waals surface area contributed by atoms with Crippen molar-refractivity contribution >= 4 is 23.3 Å². The fourth-order valence-electron chi connectivity index (χ4n) is 2.36. The van der Waals surface area contributed by atoms with Crippen LogP contribution in [0.15, 0.2) is 60.7 Å². The molecule has 0 aliphatic carbocycles. The third-order valence-corrected chi connectivity index (χ3v) is 3.68. The second-order valence-corrected chi connectivity index (χ2v) is 5.64. The van der Waals surface area contributed by atoms with Gasteiger partial charge in [-0.05, 0) is 42.7 Å². The van der Waals surface area contributed by atoms with Crippen molar-refractivity contribution in [1.29, 1.82) is 0 Å². The number of nitrogens with zero attached hydrogens (tertiary/aromatic N) is 1. The lowest BCUT2D eigenvalue weighted by Crippen LogP contribution is -2.01. The van der Waals surface area contributed by atoms with Crippen LogP contribution in [0.4, 0.5) is 5.69 Å². The molecular weight excluding hydrogens is 346 g/mol. The highest BCUT2D eigenvalue weighted by atomic mass is 16.6. The highest BCUT2D eigenvalue weighted by molar-refractivity contribution is 5.91. The van der Waals surface area contributed by atoms with Crippen molar-refractivity contribution in [1.82, 2.24) is 0 Å². The third-order valence-electron chi connectivity index (χ3n) is 3.68. The second kappa shape index (κ2) is 9.91. The Bertz CT molecular complexity index is 856. The van der Waals surface area contributed by atoms with Crippen LogP contribution >= 0.6 is 0 Å². The van der Waals surface area contributed by atoms with Gasteiger partial charge in [0.15, 0.2) is 5.75 Å². The zero-order valence-electron chi connectivity index (χ0n) is 15.3. The maximum absolute atomic E-state index is 11.5. The first-order valence-electron chi connectivity index (χ1n) is 8.49. The lowest BCUT2D eigenvalue weighted by atomic mass is 10.1. The number of allylic oxidation sites excluding steroid dienone is 1. The summed E-state index contributed by atoms with van der Waals surface area (Å²) >= 11 is 0. The lowest BCUT2D eigenvalue weighted by Gasteiger charge is -2.07. The minimum Gasteiger partial charge on any atom is -0.483 e. The van der Waals surface area contributed by atoms with Gasteiger partial charge in [0.25, 0.3) is 0 Å². The molecule has 0 fully saturated rings. The average Bonchev–Trinajstić information content (AvgIpc) is 2.66. The lowest BCUT2D eigenvalue weighted by molar-refractivity contribution is -0.385. The number of ether oxygens (including phenoxy) is 2. The van der Waals surface area contributed by atoms with Crippen LogP contribution in [-0.4, -0.2) is 24.1 Å². The van der Waals surface area contributed by atoms with Gasteiger partial charge in [0.1, 0.15) is 6.61 Å². The Morgan fingerprint density at radius 1 is 1.19 bits per heavy atom. The second-order valence-electron chi connectivity index (χ2n) is 5.64. The van der Waals surface area contributed by atoms with E-state index in [1.165, 1.54) is 18.2 Å². The van der Waals surface area contributed by atoms with E-state index in [1.54, 1.807) is 26.0 Å². The normalized spacial score (nSPS) is 11.4. The number of hydrogen-bond acceptors (Lipinski definition) is 5. The molecule has 0 spiro atoms.